The Morgan fingerprint density at radius 1 is 1.90 bits per heavy atom. The van der Waals surface area contributed by atoms with Crippen LogP contribution in [0.4, 0.5) is 0 Å². The molecule has 0 bridgehead atoms. The molecule has 6 heteroatoms. The van der Waals surface area contributed by atoms with Crippen LogP contribution in [0.15, 0.2) is 5.38 Å². The van der Waals surface area contributed by atoms with Gasteiger partial charge in [-0.15, -0.1) is 5.10 Å². The molecule has 0 spiro atoms. The molecule has 5 nitrogen and oxygen atoms in total. The molecule has 1 amide bonds. The van der Waals surface area contributed by atoms with Crippen LogP contribution in [0.5, 0.6) is 0 Å². The van der Waals surface area contributed by atoms with Crippen LogP contribution in [0.2, 0.25) is 0 Å². The Labute approximate surface area is 61.1 Å². The fourth-order valence-electron chi connectivity index (χ4n) is 0.409. The summed E-state index contributed by atoms with van der Waals surface area (Å²) in [6, 6.07) is 0. The quantitative estimate of drug-likeness (QED) is 0.608. The zero-order valence-electron chi connectivity index (χ0n) is 5.20. The van der Waals surface area contributed by atoms with Gasteiger partial charge in [-0.3, -0.25) is 9.63 Å². The number of carbonyl (C=O) groups excluding carboxylic acids is 1. The van der Waals surface area contributed by atoms with Gasteiger partial charge in [0.2, 0.25) is 0 Å². The zero-order valence-corrected chi connectivity index (χ0v) is 6.01. The van der Waals surface area contributed by atoms with E-state index < -0.39 is 0 Å². The van der Waals surface area contributed by atoms with Gasteiger partial charge in [-0.1, -0.05) is 4.49 Å². The SMILES string of the molecule is CONC(=O)c1csnn1. The van der Waals surface area contributed by atoms with E-state index in [2.05, 4.69) is 19.9 Å². The summed E-state index contributed by atoms with van der Waals surface area (Å²) >= 11 is 1.12. The first-order valence-electron chi connectivity index (χ1n) is 2.45. The molecule has 0 aliphatic carbocycles. The predicted molar refractivity (Wildman–Crippen MR) is 34.4 cm³/mol. The summed E-state index contributed by atoms with van der Waals surface area (Å²) in [5.74, 6) is -0.378. The number of rotatable bonds is 2. The van der Waals surface area contributed by atoms with Crippen LogP contribution in [-0.4, -0.2) is 22.6 Å². The average molecular weight is 159 g/mol. The Balaban J connectivity index is 2.59. The third-order valence-electron chi connectivity index (χ3n) is 0.787. The van der Waals surface area contributed by atoms with E-state index in [4.69, 9.17) is 0 Å². The summed E-state index contributed by atoms with van der Waals surface area (Å²) in [5.41, 5.74) is 2.38. The summed E-state index contributed by atoms with van der Waals surface area (Å²) in [6.45, 7) is 0. The number of hydroxylamine groups is 1. The van der Waals surface area contributed by atoms with E-state index in [1.54, 1.807) is 0 Å². The Hall–Kier alpha value is -1.01. The molecule has 1 heterocycles. The van der Waals surface area contributed by atoms with Crippen LogP contribution >= 0.6 is 11.5 Å². The van der Waals surface area contributed by atoms with E-state index in [-0.39, 0.29) is 11.6 Å². The molecule has 1 N–H and O–H groups in total. The van der Waals surface area contributed by atoms with Crippen LogP contribution in [0, 0.1) is 0 Å². The lowest BCUT2D eigenvalue weighted by Gasteiger charge is -1.94. The minimum atomic E-state index is -0.378. The summed E-state index contributed by atoms with van der Waals surface area (Å²) < 4.78 is 3.50. The molecule has 1 rings (SSSR count). The molecule has 0 atom stereocenters. The molecule has 54 valence electrons. The van der Waals surface area contributed by atoms with E-state index in [1.807, 2.05) is 0 Å². The van der Waals surface area contributed by atoms with Crippen LogP contribution in [-0.2, 0) is 4.84 Å². The molecular formula is C4H5N3O2S. The van der Waals surface area contributed by atoms with Gasteiger partial charge in [-0.05, 0) is 11.5 Å². The monoisotopic (exact) mass is 159 g/mol. The van der Waals surface area contributed by atoms with Crippen LogP contribution in [0.25, 0.3) is 0 Å². The smallest absolute Gasteiger partial charge is 0.277 e. The Morgan fingerprint density at radius 2 is 2.70 bits per heavy atom. The molecule has 0 saturated heterocycles. The summed E-state index contributed by atoms with van der Waals surface area (Å²) in [5, 5.41) is 5.05. The van der Waals surface area contributed by atoms with Crippen molar-refractivity contribution in [3.05, 3.63) is 11.1 Å². The highest BCUT2D eigenvalue weighted by Gasteiger charge is 2.06. The lowest BCUT2D eigenvalue weighted by atomic mass is 10.5. The Morgan fingerprint density at radius 3 is 3.20 bits per heavy atom. The number of hydrogen-bond acceptors (Lipinski definition) is 5. The van der Waals surface area contributed by atoms with Crippen molar-refractivity contribution in [1.82, 2.24) is 15.1 Å². The van der Waals surface area contributed by atoms with E-state index in [0.29, 0.717) is 0 Å². The first kappa shape index (κ1) is 7.10. The summed E-state index contributed by atoms with van der Waals surface area (Å²) in [4.78, 5) is 15.1. The predicted octanol–water partition coefficient (Wildman–Crippen LogP) is -0.171. The van der Waals surface area contributed by atoms with Gasteiger partial charge < -0.3 is 0 Å². The standard InChI is InChI=1S/C4H5N3O2S/c1-9-6-4(8)3-2-10-7-5-3/h2H,1H3,(H,6,8). The van der Waals surface area contributed by atoms with Gasteiger partial charge >= 0.3 is 0 Å². The van der Waals surface area contributed by atoms with E-state index >= 15 is 0 Å². The minimum absolute atomic E-state index is 0.270. The summed E-state index contributed by atoms with van der Waals surface area (Å²) in [7, 11) is 1.36. The van der Waals surface area contributed by atoms with Gasteiger partial charge in [0.1, 0.15) is 0 Å². The highest BCUT2D eigenvalue weighted by molar-refractivity contribution is 7.03. The molecule has 0 aliphatic rings. The lowest BCUT2D eigenvalue weighted by Crippen LogP contribution is -2.21. The van der Waals surface area contributed by atoms with Crippen molar-refractivity contribution in [3.63, 3.8) is 0 Å². The maximum Gasteiger partial charge on any atom is 0.296 e. The largest absolute Gasteiger partial charge is 0.296 e. The Bertz CT molecular complexity index is 210. The average Bonchev–Trinajstić information content (AvgIpc) is 2.38. The third kappa shape index (κ3) is 1.49. The number of aromatic nitrogens is 2. The molecule has 0 radical (unpaired) electrons. The lowest BCUT2D eigenvalue weighted by molar-refractivity contribution is 0.0532. The van der Waals surface area contributed by atoms with Crippen LogP contribution in [0.3, 0.4) is 0 Å². The first-order valence-corrected chi connectivity index (χ1v) is 3.28. The second kappa shape index (κ2) is 3.23. The van der Waals surface area contributed by atoms with Gasteiger partial charge in [0, 0.05) is 5.38 Å². The van der Waals surface area contributed by atoms with E-state index in [9.17, 15) is 4.79 Å². The molecule has 1 aromatic rings. The molecular weight excluding hydrogens is 154 g/mol. The number of nitrogens with one attached hydrogen (secondary N) is 1. The van der Waals surface area contributed by atoms with E-state index in [1.165, 1.54) is 12.5 Å². The van der Waals surface area contributed by atoms with Crippen LogP contribution in [0.1, 0.15) is 10.5 Å². The highest BCUT2D eigenvalue weighted by Crippen LogP contribution is 1.95. The first-order chi connectivity index (χ1) is 4.84. The minimum Gasteiger partial charge on any atom is -0.277 e. The van der Waals surface area contributed by atoms with Crippen molar-refractivity contribution in [2.75, 3.05) is 7.11 Å². The van der Waals surface area contributed by atoms with Crippen molar-refractivity contribution < 1.29 is 9.63 Å². The van der Waals surface area contributed by atoms with Crippen molar-refractivity contribution in [2.45, 2.75) is 0 Å². The fraction of sp³-hybridized carbons (Fsp3) is 0.250. The third-order valence-corrected chi connectivity index (χ3v) is 1.29. The van der Waals surface area contributed by atoms with Crippen molar-refractivity contribution in [2.24, 2.45) is 0 Å². The molecule has 0 fully saturated rings. The van der Waals surface area contributed by atoms with Crippen molar-refractivity contribution >= 4 is 17.4 Å². The number of carbonyl (C=O) groups is 1. The van der Waals surface area contributed by atoms with Gasteiger partial charge in [-0.2, -0.15) is 0 Å². The fourth-order valence-corrected chi connectivity index (χ4v) is 0.845. The maximum atomic E-state index is 10.8. The maximum absolute atomic E-state index is 10.8. The van der Waals surface area contributed by atoms with Gasteiger partial charge in [0.15, 0.2) is 5.69 Å². The molecule has 0 aromatic carbocycles. The van der Waals surface area contributed by atoms with E-state index in [0.717, 1.165) is 11.5 Å². The number of amides is 1. The van der Waals surface area contributed by atoms with Gasteiger partial charge in [0.05, 0.1) is 7.11 Å². The van der Waals surface area contributed by atoms with Crippen molar-refractivity contribution in [1.29, 1.82) is 0 Å². The second-order valence-electron chi connectivity index (χ2n) is 1.43. The molecule has 10 heavy (non-hydrogen) atoms. The number of nitrogens with zero attached hydrogens (tertiary/aromatic N) is 2. The second-order valence-corrected chi connectivity index (χ2v) is 2.04. The Kier molecular flexibility index (Phi) is 2.30. The van der Waals surface area contributed by atoms with Gasteiger partial charge in [0.25, 0.3) is 5.91 Å². The molecule has 0 aliphatic heterocycles. The molecule has 0 unspecified atom stereocenters. The molecule has 1 aromatic heterocycles. The van der Waals surface area contributed by atoms with Crippen LogP contribution < -0.4 is 5.48 Å². The van der Waals surface area contributed by atoms with Gasteiger partial charge in [-0.25, -0.2) is 5.48 Å². The normalized spacial score (nSPS) is 9.30. The van der Waals surface area contributed by atoms with Crippen molar-refractivity contribution in [3.8, 4) is 0 Å². The summed E-state index contributed by atoms with van der Waals surface area (Å²) in [6.07, 6.45) is 0. The topological polar surface area (TPSA) is 64.1 Å². The highest BCUT2D eigenvalue weighted by atomic mass is 32.1. The molecule has 0 saturated carbocycles. The zero-order chi connectivity index (χ0) is 7.40. The number of hydrogen-bond donors (Lipinski definition) is 1.